The van der Waals surface area contributed by atoms with Gasteiger partial charge in [0.05, 0.1) is 17.7 Å². The largest absolute Gasteiger partial charge is 0.478 e. The number of aromatic nitrogens is 1. The monoisotopic (exact) mass is 256 g/mol. The third-order valence-electron chi connectivity index (χ3n) is 1.97. The Morgan fingerprint density at radius 1 is 1.64 bits per heavy atom. The third-order valence-corrected chi connectivity index (χ3v) is 2.57. The lowest BCUT2D eigenvalue weighted by Crippen LogP contribution is -2.04. The van der Waals surface area contributed by atoms with Crippen LogP contribution < -0.4 is 5.32 Å². The maximum atomic E-state index is 11.1. The van der Waals surface area contributed by atoms with Crippen LogP contribution in [0.2, 0.25) is 0 Å². The molecule has 2 rings (SSSR count). The number of nitrogens with one attached hydrogen (secondary N) is 1. The second-order valence-corrected chi connectivity index (χ2v) is 3.60. The average molecular weight is 257 g/mol. The molecular formula is C8H5BrN2O3. The van der Waals surface area contributed by atoms with E-state index in [1.165, 1.54) is 6.20 Å². The van der Waals surface area contributed by atoms with Crippen molar-refractivity contribution < 1.29 is 14.7 Å². The number of hydrogen-bond acceptors (Lipinski definition) is 3. The number of carboxylic acid groups (broad SMARTS) is 1. The van der Waals surface area contributed by atoms with Gasteiger partial charge in [-0.1, -0.05) is 0 Å². The van der Waals surface area contributed by atoms with E-state index in [1.54, 1.807) is 0 Å². The summed E-state index contributed by atoms with van der Waals surface area (Å²) in [6, 6.07) is 0. The zero-order chi connectivity index (χ0) is 10.3. The highest BCUT2D eigenvalue weighted by molar-refractivity contribution is 9.10. The topological polar surface area (TPSA) is 79.3 Å². The number of carbonyl (C=O) groups excluding carboxylic acids is 1. The lowest BCUT2D eigenvalue weighted by molar-refractivity contribution is -0.115. The lowest BCUT2D eigenvalue weighted by Gasteiger charge is -2.03. The molecule has 0 spiro atoms. The quantitative estimate of drug-likeness (QED) is 0.736. The maximum absolute atomic E-state index is 11.1. The average Bonchev–Trinajstić information content (AvgIpc) is 2.47. The molecule has 2 heterocycles. The maximum Gasteiger partial charge on any atom is 0.337 e. The first kappa shape index (κ1) is 9.14. The second kappa shape index (κ2) is 3.06. The van der Waals surface area contributed by atoms with E-state index in [0.29, 0.717) is 15.9 Å². The van der Waals surface area contributed by atoms with Gasteiger partial charge in [0.15, 0.2) is 0 Å². The first-order valence-corrected chi connectivity index (χ1v) is 4.59. The van der Waals surface area contributed by atoms with Crippen LogP contribution in [-0.4, -0.2) is 22.0 Å². The predicted octanol–water partition coefficient (Wildman–Crippen LogP) is 1.04. The number of carboxylic acids is 1. The molecule has 0 aromatic carbocycles. The van der Waals surface area contributed by atoms with Gasteiger partial charge in [-0.2, -0.15) is 0 Å². The van der Waals surface area contributed by atoms with Crippen molar-refractivity contribution in [3.8, 4) is 0 Å². The highest BCUT2D eigenvalue weighted by Gasteiger charge is 2.26. The smallest absolute Gasteiger partial charge is 0.337 e. The Hall–Kier alpha value is -1.43. The number of anilines is 1. The molecule has 72 valence electrons. The van der Waals surface area contributed by atoms with Crippen LogP contribution >= 0.6 is 15.9 Å². The SMILES string of the molecule is O=C1Cc2c(C(=O)O)cnc(Br)c2N1. The molecule has 1 aliphatic rings. The van der Waals surface area contributed by atoms with Crippen LogP contribution in [0.4, 0.5) is 5.69 Å². The molecule has 0 saturated carbocycles. The summed E-state index contributed by atoms with van der Waals surface area (Å²) in [6.45, 7) is 0. The number of nitrogens with zero attached hydrogens (tertiary/aromatic N) is 1. The van der Waals surface area contributed by atoms with Crippen molar-refractivity contribution in [3.63, 3.8) is 0 Å². The zero-order valence-corrected chi connectivity index (χ0v) is 8.46. The summed E-state index contributed by atoms with van der Waals surface area (Å²) in [5.74, 6) is -1.28. The molecule has 2 N–H and O–H groups in total. The first-order valence-electron chi connectivity index (χ1n) is 3.80. The van der Waals surface area contributed by atoms with Gasteiger partial charge in [-0.3, -0.25) is 4.79 Å². The van der Waals surface area contributed by atoms with Crippen molar-refractivity contribution in [2.45, 2.75) is 6.42 Å². The standard InChI is InChI=1S/C8H5BrN2O3/c9-7-6-3(1-5(12)11-6)4(2-10-7)8(13)14/h2H,1H2,(H,11,12)(H,13,14). The van der Waals surface area contributed by atoms with Gasteiger partial charge in [-0.05, 0) is 15.9 Å². The second-order valence-electron chi connectivity index (χ2n) is 2.85. The number of fused-ring (bicyclic) bond motifs is 1. The Morgan fingerprint density at radius 2 is 2.36 bits per heavy atom. The number of amides is 1. The van der Waals surface area contributed by atoms with Crippen LogP contribution in [0.15, 0.2) is 10.8 Å². The summed E-state index contributed by atoms with van der Waals surface area (Å²) in [6.07, 6.45) is 1.34. The molecule has 6 heteroatoms. The van der Waals surface area contributed by atoms with Crippen molar-refractivity contribution in [2.24, 2.45) is 0 Å². The molecule has 0 atom stereocenters. The summed E-state index contributed by atoms with van der Waals surface area (Å²) >= 11 is 3.14. The van der Waals surface area contributed by atoms with Gasteiger partial charge in [0.1, 0.15) is 4.60 Å². The first-order chi connectivity index (χ1) is 6.59. The highest BCUT2D eigenvalue weighted by Crippen LogP contribution is 2.31. The Bertz CT molecular complexity index is 444. The minimum Gasteiger partial charge on any atom is -0.478 e. The van der Waals surface area contributed by atoms with E-state index in [2.05, 4.69) is 26.2 Å². The number of halogens is 1. The van der Waals surface area contributed by atoms with E-state index in [1.807, 2.05) is 0 Å². The summed E-state index contributed by atoms with van der Waals surface area (Å²) in [7, 11) is 0. The van der Waals surface area contributed by atoms with Gasteiger partial charge in [-0.25, -0.2) is 9.78 Å². The summed E-state index contributed by atoms with van der Waals surface area (Å²) in [4.78, 5) is 25.7. The Balaban J connectivity index is 2.64. The predicted molar refractivity (Wildman–Crippen MR) is 51.2 cm³/mol. The fourth-order valence-electron chi connectivity index (χ4n) is 1.36. The summed E-state index contributed by atoms with van der Waals surface area (Å²) in [5, 5.41) is 11.4. The Kier molecular flexibility index (Phi) is 1.99. The summed E-state index contributed by atoms with van der Waals surface area (Å²) < 4.78 is 0.461. The van der Waals surface area contributed by atoms with Crippen LogP contribution in [0.25, 0.3) is 0 Å². The molecule has 1 aromatic rings. The normalized spacial score (nSPS) is 13.6. The number of carbonyl (C=O) groups is 2. The van der Waals surface area contributed by atoms with Crippen molar-refractivity contribution >= 4 is 33.5 Å². The molecule has 0 aliphatic carbocycles. The minimum atomic E-state index is -1.07. The van der Waals surface area contributed by atoms with E-state index in [9.17, 15) is 9.59 Å². The molecule has 1 aliphatic heterocycles. The van der Waals surface area contributed by atoms with Crippen LogP contribution in [-0.2, 0) is 11.2 Å². The van der Waals surface area contributed by atoms with Gasteiger partial charge in [0, 0.05) is 11.8 Å². The van der Waals surface area contributed by atoms with Crippen molar-refractivity contribution in [2.75, 3.05) is 5.32 Å². The van der Waals surface area contributed by atoms with Crippen LogP contribution in [0, 0.1) is 0 Å². The molecule has 0 saturated heterocycles. The molecule has 1 aromatic heterocycles. The number of rotatable bonds is 1. The summed E-state index contributed by atoms with van der Waals surface area (Å²) in [5.41, 5.74) is 1.03. The highest BCUT2D eigenvalue weighted by atomic mass is 79.9. The van der Waals surface area contributed by atoms with Crippen molar-refractivity contribution in [3.05, 3.63) is 21.9 Å². The molecule has 14 heavy (non-hydrogen) atoms. The van der Waals surface area contributed by atoms with Gasteiger partial charge in [0.25, 0.3) is 0 Å². The van der Waals surface area contributed by atoms with Gasteiger partial charge in [-0.15, -0.1) is 0 Å². The Labute approximate surface area is 87.3 Å². The van der Waals surface area contributed by atoms with Gasteiger partial charge in [0.2, 0.25) is 5.91 Å². The fourth-order valence-corrected chi connectivity index (χ4v) is 1.80. The molecule has 0 bridgehead atoms. The molecule has 5 nitrogen and oxygen atoms in total. The van der Waals surface area contributed by atoms with E-state index in [0.717, 1.165) is 0 Å². The fraction of sp³-hybridized carbons (Fsp3) is 0.125. The van der Waals surface area contributed by atoms with Gasteiger partial charge >= 0.3 is 5.97 Å². The third kappa shape index (κ3) is 1.27. The zero-order valence-electron chi connectivity index (χ0n) is 6.87. The van der Waals surface area contributed by atoms with Crippen LogP contribution in [0.3, 0.4) is 0 Å². The van der Waals surface area contributed by atoms with Crippen molar-refractivity contribution in [1.29, 1.82) is 0 Å². The van der Waals surface area contributed by atoms with Crippen LogP contribution in [0.5, 0.6) is 0 Å². The van der Waals surface area contributed by atoms with E-state index in [-0.39, 0.29) is 17.9 Å². The van der Waals surface area contributed by atoms with Gasteiger partial charge < -0.3 is 10.4 Å². The van der Waals surface area contributed by atoms with E-state index >= 15 is 0 Å². The Morgan fingerprint density at radius 3 is 3.00 bits per heavy atom. The van der Waals surface area contributed by atoms with E-state index < -0.39 is 5.97 Å². The molecule has 0 radical (unpaired) electrons. The molecular weight excluding hydrogens is 252 g/mol. The number of pyridine rings is 1. The van der Waals surface area contributed by atoms with Crippen molar-refractivity contribution in [1.82, 2.24) is 4.98 Å². The van der Waals surface area contributed by atoms with E-state index in [4.69, 9.17) is 5.11 Å². The van der Waals surface area contributed by atoms with Crippen LogP contribution in [0.1, 0.15) is 15.9 Å². The number of hydrogen-bond donors (Lipinski definition) is 2. The minimum absolute atomic E-state index is 0.0709. The number of aromatic carboxylic acids is 1. The molecule has 0 fully saturated rings. The molecule has 0 unspecified atom stereocenters. The molecule has 1 amide bonds. The lowest BCUT2D eigenvalue weighted by atomic mass is 10.1.